The summed E-state index contributed by atoms with van der Waals surface area (Å²) in [6, 6.07) is 13.6. The van der Waals surface area contributed by atoms with Crippen LogP contribution in [0.15, 0.2) is 64.7 Å². The van der Waals surface area contributed by atoms with Crippen molar-refractivity contribution < 1.29 is 33.8 Å². The molecule has 9 nitrogen and oxygen atoms in total. The Morgan fingerprint density at radius 1 is 1.03 bits per heavy atom. The summed E-state index contributed by atoms with van der Waals surface area (Å²) < 4.78 is 5.37. The van der Waals surface area contributed by atoms with Gasteiger partial charge < -0.3 is 9.84 Å². The fourth-order valence-corrected chi connectivity index (χ4v) is 7.59. The van der Waals surface area contributed by atoms with Crippen molar-refractivity contribution in [2.75, 3.05) is 12.0 Å². The lowest BCUT2D eigenvalue weighted by Gasteiger charge is -2.49. The van der Waals surface area contributed by atoms with Crippen molar-refractivity contribution in [2.45, 2.75) is 25.7 Å². The molecule has 1 N–H and O–H groups in total. The Bertz CT molecular complexity index is 1490. The molecule has 2 aromatic rings. The van der Waals surface area contributed by atoms with Crippen LogP contribution in [0.4, 0.5) is 10.5 Å². The summed E-state index contributed by atoms with van der Waals surface area (Å²) >= 11 is 3.46. The number of likely N-dealkylation sites (tertiary alicyclic amines) is 1. The molecular weight excluding hydrogens is 568 g/mol. The Hall–Kier alpha value is -3.79. The Morgan fingerprint density at radius 3 is 2.44 bits per heavy atom. The van der Waals surface area contributed by atoms with Gasteiger partial charge in [0.2, 0.25) is 23.6 Å². The molecule has 6 atom stereocenters. The molecule has 0 bridgehead atoms. The molecule has 10 heteroatoms. The highest BCUT2D eigenvalue weighted by Gasteiger charge is 2.68. The summed E-state index contributed by atoms with van der Waals surface area (Å²) in [5.74, 6) is -5.94. The third-order valence-electron chi connectivity index (χ3n) is 8.95. The van der Waals surface area contributed by atoms with Crippen LogP contribution in [-0.2, 0) is 23.9 Å². The molecule has 2 aromatic carbocycles. The molecule has 2 aliphatic carbocycles. The highest BCUT2D eigenvalue weighted by atomic mass is 79.9. The van der Waals surface area contributed by atoms with Crippen molar-refractivity contribution in [3.8, 4) is 5.75 Å². The highest BCUT2D eigenvalue weighted by Crippen LogP contribution is 2.64. The number of imide groups is 4. The first-order chi connectivity index (χ1) is 18.6. The first-order valence-electron chi connectivity index (χ1n) is 12.7. The van der Waals surface area contributed by atoms with Gasteiger partial charge in [-0.15, -0.1) is 0 Å². The zero-order chi connectivity index (χ0) is 27.8. The third-order valence-corrected chi connectivity index (χ3v) is 9.44. The minimum Gasteiger partial charge on any atom is -0.508 e. The molecule has 0 radical (unpaired) electrons. The number of rotatable bonds is 2. The zero-order valence-electron chi connectivity index (χ0n) is 21.2. The van der Waals surface area contributed by atoms with Crippen LogP contribution in [0, 0.1) is 29.1 Å². The van der Waals surface area contributed by atoms with E-state index in [9.17, 15) is 29.1 Å². The minimum atomic E-state index is -1.27. The van der Waals surface area contributed by atoms with Crippen LogP contribution in [-0.4, -0.2) is 46.8 Å². The fourth-order valence-electron chi connectivity index (χ4n) is 7.21. The topological polar surface area (TPSA) is 121 Å². The second-order valence-corrected chi connectivity index (χ2v) is 11.6. The maximum absolute atomic E-state index is 14.2. The Balaban J connectivity index is 1.54. The van der Waals surface area contributed by atoms with Crippen LogP contribution >= 0.6 is 15.9 Å². The number of fused-ring (bicyclic) bond motifs is 4. The molecule has 0 spiro atoms. The molecule has 5 amide bonds. The molecule has 0 aromatic heterocycles. The third kappa shape index (κ3) is 3.40. The largest absolute Gasteiger partial charge is 0.508 e. The average Bonchev–Trinajstić information content (AvgIpc) is 3.30. The number of hydrogen-bond donors (Lipinski definition) is 1. The number of halogens is 1. The Kier molecular flexibility index (Phi) is 5.80. The van der Waals surface area contributed by atoms with Crippen molar-refractivity contribution >= 4 is 51.3 Å². The number of anilines is 1. The smallest absolute Gasteiger partial charge is 0.423 e. The fraction of sp³-hybridized carbons (Fsp3) is 0.345. The SMILES string of the molecule is COC(=O)N1C(=O)C2CC=C3C(CC4C(=O)N(c5ccccc5)C(=O)C4(C)C3c3cc(Br)ccc3O)C2C1=O. The lowest BCUT2D eigenvalue weighted by molar-refractivity contribution is -0.138. The number of phenols is 1. The second-order valence-electron chi connectivity index (χ2n) is 10.7. The van der Waals surface area contributed by atoms with Crippen LogP contribution < -0.4 is 4.90 Å². The van der Waals surface area contributed by atoms with Crippen molar-refractivity contribution in [2.24, 2.45) is 29.1 Å². The van der Waals surface area contributed by atoms with E-state index in [1.165, 1.54) is 11.0 Å². The number of benzene rings is 2. The van der Waals surface area contributed by atoms with Gasteiger partial charge in [0.25, 0.3) is 0 Å². The summed E-state index contributed by atoms with van der Waals surface area (Å²) in [5, 5.41) is 11.0. The van der Waals surface area contributed by atoms with Crippen molar-refractivity contribution in [3.63, 3.8) is 0 Å². The van der Waals surface area contributed by atoms with Crippen LogP contribution in [0.1, 0.15) is 31.2 Å². The molecule has 2 aliphatic heterocycles. The summed E-state index contributed by atoms with van der Waals surface area (Å²) in [7, 11) is 1.10. The number of ether oxygens (including phenoxy) is 1. The molecule has 200 valence electrons. The van der Waals surface area contributed by atoms with E-state index in [1.54, 1.807) is 49.4 Å². The van der Waals surface area contributed by atoms with E-state index >= 15 is 0 Å². The van der Waals surface area contributed by atoms with E-state index in [2.05, 4.69) is 15.9 Å². The molecule has 3 fully saturated rings. The number of methoxy groups -OCH3 is 1. The van der Waals surface area contributed by atoms with Gasteiger partial charge in [-0.05, 0) is 56.0 Å². The van der Waals surface area contributed by atoms with Crippen molar-refractivity contribution in [3.05, 3.63) is 70.2 Å². The number of phenolic OH excluding ortho intramolecular Hbond substituents is 1. The van der Waals surface area contributed by atoms with Gasteiger partial charge in [-0.25, -0.2) is 9.69 Å². The van der Waals surface area contributed by atoms with E-state index in [0.29, 0.717) is 26.2 Å². The number of amides is 5. The first kappa shape index (κ1) is 25.5. The molecular formula is C29H25BrN2O7. The van der Waals surface area contributed by atoms with E-state index in [-0.39, 0.29) is 24.5 Å². The predicted octanol–water partition coefficient (Wildman–Crippen LogP) is 4.15. The molecule has 39 heavy (non-hydrogen) atoms. The highest BCUT2D eigenvalue weighted by molar-refractivity contribution is 9.10. The number of nitrogens with zero attached hydrogens (tertiary/aromatic N) is 2. The monoisotopic (exact) mass is 592 g/mol. The molecule has 2 heterocycles. The molecule has 4 aliphatic rings. The van der Waals surface area contributed by atoms with Gasteiger partial charge in [0, 0.05) is 16.0 Å². The van der Waals surface area contributed by atoms with Gasteiger partial charge in [0.15, 0.2) is 0 Å². The standard InChI is InChI=1S/C29H25BrN2O7/c1-29-20(25(35)31(27(29)37)15-6-4-3-5-7-15)13-18-16(23(29)19-12-14(30)8-11-21(19)33)9-10-17-22(18)26(36)32(24(17)34)28(38)39-2/h3-9,11-12,17-18,20,22-23,33H,10,13H2,1-2H3. The zero-order valence-corrected chi connectivity index (χ0v) is 22.8. The summed E-state index contributed by atoms with van der Waals surface area (Å²) in [5.41, 5.74) is 0.337. The Morgan fingerprint density at radius 2 is 1.74 bits per heavy atom. The lowest BCUT2D eigenvalue weighted by atomic mass is 9.51. The van der Waals surface area contributed by atoms with E-state index in [4.69, 9.17) is 4.74 Å². The number of carbonyl (C=O) groups excluding carboxylic acids is 5. The summed E-state index contributed by atoms with van der Waals surface area (Å²) in [6.07, 6.45) is 1.15. The number of para-hydroxylation sites is 1. The number of hydrogen-bond acceptors (Lipinski definition) is 7. The van der Waals surface area contributed by atoms with Crippen LogP contribution in [0.5, 0.6) is 5.75 Å². The van der Waals surface area contributed by atoms with Gasteiger partial charge in [-0.1, -0.05) is 45.8 Å². The van der Waals surface area contributed by atoms with Gasteiger partial charge in [0.1, 0.15) is 5.75 Å². The van der Waals surface area contributed by atoms with Crippen molar-refractivity contribution in [1.29, 1.82) is 0 Å². The summed E-state index contributed by atoms with van der Waals surface area (Å²) in [4.78, 5) is 69.0. The maximum Gasteiger partial charge on any atom is 0.423 e. The van der Waals surface area contributed by atoms with Crippen LogP contribution in [0.25, 0.3) is 0 Å². The molecule has 2 saturated heterocycles. The number of allylic oxidation sites excluding steroid dienone is 2. The first-order valence-corrected chi connectivity index (χ1v) is 13.5. The van der Waals surface area contributed by atoms with E-state index < -0.39 is 58.8 Å². The lowest BCUT2D eigenvalue weighted by Crippen LogP contribution is -2.49. The van der Waals surface area contributed by atoms with Crippen LogP contribution in [0.2, 0.25) is 0 Å². The predicted molar refractivity (Wildman–Crippen MR) is 141 cm³/mol. The van der Waals surface area contributed by atoms with E-state index in [1.807, 2.05) is 6.08 Å². The van der Waals surface area contributed by atoms with Crippen molar-refractivity contribution in [1.82, 2.24) is 4.90 Å². The van der Waals surface area contributed by atoms with Gasteiger partial charge in [-0.3, -0.25) is 19.2 Å². The number of aromatic hydroxyl groups is 1. The molecule has 6 unspecified atom stereocenters. The average molecular weight is 593 g/mol. The second kappa shape index (κ2) is 8.87. The normalized spacial score (nSPS) is 31.6. The number of carbonyl (C=O) groups is 5. The van der Waals surface area contributed by atoms with Gasteiger partial charge >= 0.3 is 6.09 Å². The summed E-state index contributed by atoms with van der Waals surface area (Å²) in [6.45, 7) is 1.75. The van der Waals surface area contributed by atoms with Gasteiger partial charge in [0.05, 0.1) is 36.0 Å². The van der Waals surface area contributed by atoms with Crippen LogP contribution in [0.3, 0.4) is 0 Å². The quantitative estimate of drug-likeness (QED) is 0.410. The minimum absolute atomic E-state index is 0.0460. The van der Waals surface area contributed by atoms with E-state index in [0.717, 1.165) is 7.11 Å². The van der Waals surface area contributed by atoms with Gasteiger partial charge in [-0.2, -0.15) is 4.90 Å². The molecule has 6 rings (SSSR count). The maximum atomic E-state index is 14.2. The Labute approximate surface area is 232 Å². The molecule has 1 saturated carbocycles.